The molecule has 0 fully saturated rings. The van der Waals surface area contributed by atoms with E-state index in [1.807, 2.05) is 0 Å². The van der Waals surface area contributed by atoms with Gasteiger partial charge in [-0.2, -0.15) is 0 Å². The summed E-state index contributed by atoms with van der Waals surface area (Å²) >= 11 is 0. The molecule has 5 rings (SSSR count). The van der Waals surface area contributed by atoms with Crippen molar-refractivity contribution < 1.29 is 0 Å². The molecule has 182 valence electrons. The molecule has 0 aliphatic heterocycles. The number of rotatable bonds is 0. The average molecular weight is 463 g/mol. The van der Waals surface area contributed by atoms with Gasteiger partial charge in [-0.15, -0.1) is 0 Å². The Bertz CT molecular complexity index is 1650. The molecule has 0 unspecified atom stereocenters. The third-order valence-electron chi connectivity index (χ3n) is 10.4. The molecular formula is C35H42. The van der Waals surface area contributed by atoms with Crippen LogP contribution >= 0.6 is 0 Å². The van der Waals surface area contributed by atoms with E-state index in [9.17, 15) is 0 Å². The molecule has 4 aromatic carbocycles. The average Bonchev–Trinajstić information content (AvgIpc) is 3.05. The minimum Gasteiger partial charge on any atom is -0.0516 e. The molecule has 0 spiro atoms. The van der Waals surface area contributed by atoms with Gasteiger partial charge in [-0.25, -0.2) is 0 Å². The molecular weight excluding hydrogens is 420 g/mol. The SMILES string of the molecule is Cc1c(C)c(C)c2c(c1C)-c1c(C)c(C)c3c(C)c4c(C)c(C)c(C)c(C)c4c(C)c3c1C2(C)C. The van der Waals surface area contributed by atoms with Crippen molar-refractivity contribution in [2.24, 2.45) is 0 Å². The fourth-order valence-electron chi connectivity index (χ4n) is 7.81. The van der Waals surface area contributed by atoms with Crippen LogP contribution < -0.4 is 0 Å². The summed E-state index contributed by atoms with van der Waals surface area (Å²) in [4.78, 5) is 0. The van der Waals surface area contributed by atoms with E-state index in [0.29, 0.717) is 0 Å². The Hall–Kier alpha value is -2.60. The molecule has 0 heterocycles. The fraction of sp³-hybridized carbons (Fsp3) is 0.429. The van der Waals surface area contributed by atoms with Crippen LogP contribution in [0.4, 0.5) is 0 Å². The zero-order valence-corrected chi connectivity index (χ0v) is 24.5. The van der Waals surface area contributed by atoms with E-state index in [-0.39, 0.29) is 5.41 Å². The summed E-state index contributed by atoms with van der Waals surface area (Å²) in [6.07, 6.45) is 0. The maximum atomic E-state index is 2.48. The van der Waals surface area contributed by atoms with Crippen LogP contribution in [0.15, 0.2) is 0 Å². The number of benzene rings is 4. The zero-order valence-electron chi connectivity index (χ0n) is 24.5. The molecule has 0 heteroatoms. The highest BCUT2D eigenvalue weighted by molar-refractivity contribution is 6.14. The third-order valence-corrected chi connectivity index (χ3v) is 10.4. The molecule has 0 amide bonds. The van der Waals surface area contributed by atoms with Crippen molar-refractivity contribution >= 4 is 21.5 Å². The fourth-order valence-corrected chi connectivity index (χ4v) is 7.81. The highest BCUT2D eigenvalue weighted by Crippen LogP contribution is 2.58. The van der Waals surface area contributed by atoms with E-state index in [0.717, 1.165) is 0 Å². The lowest BCUT2D eigenvalue weighted by Gasteiger charge is -2.29. The lowest BCUT2D eigenvalue weighted by atomic mass is 9.74. The predicted molar refractivity (Wildman–Crippen MR) is 156 cm³/mol. The van der Waals surface area contributed by atoms with Crippen molar-refractivity contribution in [1.82, 2.24) is 0 Å². The molecule has 35 heavy (non-hydrogen) atoms. The highest BCUT2D eigenvalue weighted by atomic mass is 14.4. The van der Waals surface area contributed by atoms with E-state index in [2.05, 4.69) is 96.9 Å². The van der Waals surface area contributed by atoms with Crippen LogP contribution in [0.2, 0.25) is 0 Å². The van der Waals surface area contributed by atoms with Gasteiger partial charge in [0.2, 0.25) is 0 Å². The topological polar surface area (TPSA) is 0 Å². The van der Waals surface area contributed by atoms with Crippen molar-refractivity contribution in [1.29, 1.82) is 0 Å². The van der Waals surface area contributed by atoms with E-state index < -0.39 is 0 Å². The molecule has 0 saturated heterocycles. The second-order valence-electron chi connectivity index (χ2n) is 12.1. The summed E-state index contributed by atoms with van der Waals surface area (Å²) in [7, 11) is 0. The first kappa shape index (κ1) is 24.1. The van der Waals surface area contributed by atoms with Crippen molar-refractivity contribution in [2.45, 2.75) is 102 Å². The van der Waals surface area contributed by atoms with Crippen LogP contribution in [0, 0.1) is 83.1 Å². The molecule has 0 nitrogen and oxygen atoms in total. The van der Waals surface area contributed by atoms with Gasteiger partial charge < -0.3 is 0 Å². The maximum absolute atomic E-state index is 2.48. The first-order valence-electron chi connectivity index (χ1n) is 13.2. The first-order chi connectivity index (χ1) is 16.2. The van der Waals surface area contributed by atoms with Gasteiger partial charge in [-0.3, -0.25) is 0 Å². The maximum Gasteiger partial charge on any atom is 0.0168 e. The Morgan fingerprint density at radius 3 is 1.11 bits per heavy atom. The summed E-state index contributed by atoms with van der Waals surface area (Å²) in [5.74, 6) is 0. The van der Waals surface area contributed by atoms with Crippen LogP contribution in [0.1, 0.15) is 91.7 Å². The number of aryl methyl sites for hydroxylation is 5. The van der Waals surface area contributed by atoms with Crippen LogP contribution in [0.5, 0.6) is 0 Å². The lowest BCUT2D eigenvalue weighted by Crippen LogP contribution is -2.19. The van der Waals surface area contributed by atoms with Gasteiger partial charge in [0.05, 0.1) is 0 Å². The van der Waals surface area contributed by atoms with Gasteiger partial charge in [-0.1, -0.05) is 13.8 Å². The van der Waals surface area contributed by atoms with E-state index in [1.54, 1.807) is 11.1 Å². The smallest absolute Gasteiger partial charge is 0.0168 e. The van der Waals surface area contributed by atoms with Crippen molar-refractivity contribution in [2.75, 3.05) is 0 Å². The summed E-state index contributed by atoms with van der Waals surface area (Å²) in [6.45, 7) is 33.1. The molecule has 0 N–H and O–H groups in total. The van der Waals surface area contributed by atoms with Crippen LogP contribution in [-0.4, -0.2) is 0 Å². The predicted octanol–water partition coefficient (Wildman–Crippen LogP) is 10.0. The van der Waals surface area contributed by atoms with Crippen LogP contribution in [0.3, 0.4) is 0 Å². The quantitative estimate of drug-likeness (QED) is 0.228. The van der Waals surface area contributed by atoms with E-state index in [1.165, 1.54) is 99.4 Å². The first-order valence-corrected chi connectivity index (χ1v) is 13.2. The molecule has 0 radical (unpaired) electrons. The number of hydrogen-bond acceptors (Lipinski definition) is 0. The van der Waals surface area contributed by atoms with Crippen LogP contribution in [-0.2, 0) is 5.41 Å². The Labute approximate surface area is 212 Å². The van der Waals surface area contributed by atoms with E-state index in [4.69, 9.17) is 0 Å². The molecule has 0 saturated carbocycles. The van der Waals surface area contributed by atoms with Crippen molar-refractivity contribution in [3.05, 3.63) is 77.9 Å². The Kier molecular flexibility index (Phi) is 4.97. The molecule has 1 aliphatic rings. The Morgan fingerprint density at radius 2 is 0.600 bits per heavy atom. The van der Waals surface area contributed by atoms with Gasteiger partial charge in [0.25, 0.3) is 0 Å². The molecule has 0 aromatic heterocycles. The Morgan fingerprint density at radius 1 is 0.286 bits per heavy atom. The third kappa shape index (κ3) is 2.64. The minimum atomic E-state index is -0.0394. The van der Waals surface area contributed by atoms with Gasteiger partial charge in [0.15, 0.2) is 0 Å². The zero-order chi connectivity index (χ0) is 26.0. The minimum absolute atomic E-state index is 0.0394. The van der Waals surface area contributed by atoms with Gasteiger partial charge in [-0.05, 0) is 194 Å². The second kappa shape index (κ2) is 7.22. The Balaban J connectivity index is 2.17. The summed E-state index contributed by atoms with van der Waals surface area (Å²) in [5, 5.41) is 5.95. The van der Waals surface area contributed by atoms with Crippen LogP contribution in [0.25, 0.3) is 32.7 Å². The summed E-state index contributed by atoms with van der Waals surface area (Å²) < 4.78 is 0. The highest BCUT2D eigenvalue weighted by Gasteiger charge is 2.42. The van der Waals surface area contributed by atoms with Crippen molar-refractivity contribution in [3.8, 4) is 11.1 Å². The van der Waals surface area contributed by atoms with E-state index >= 15 is 0 Å². The standard InChI is InChI=1S/C35H42/c1-15-16(2)20(6)28-26(12)32-29(25(11)27(28)19(15)5)22(8)23(9)31-30-21(7)17(3)18(4)24(10)33(30)35(13,14)34(31)32/h1-14H3. The monoisotopic (exact) mass is 462 g/mol. The van der Waals surface area contributed by atoms with Crippen molar-refractivity contribution in [3.63, 3.8) is 0 Å². The second-order valence-corrected chi connectivity index (χ2v) is 12.1. The lowest BCUT2D eigenvalue weighted by molar-refractivity contribution is 0.659. The van der Waals surface area contributed by atoms with Gasteiger partial charge in [0, 0.05) is 5.41 Å². The number of fused-ring (bicyclic) bond motifs is 6. The van der Waals surface area contributed by atoms with Gasteiger partial charge in [0.1, 0.15) is 0 Å². The summed E-state index contributed by atoms with van der Waals surface area (Å²) in [5.41, 5.74) is 23.6. The molecule has 0 atom stereocenters. The molecule has 0 bridgehead atoms. The normalized spacial score (nSPS) is 14.2. The van der Waals surface area contributed by atoms with Gasteiger partial charge >= 0.3 is 0 Å². The number of hydrogen-bond donors (Lipinski definition) is 0. The molecule has 1 aliphatic carbocycles. The summed E-state index contributed by atoms with van der Waals surface area (Å²) in [6, 6.07) is 0. The molecule has 4 aromatic rings. The largest absolute Gasteiger partial charge is 0.0516 e.